The lowest BCUT2D eigenvalue weighted by Gasteiger charge is -2.28. The normalized spacial score (nSPS) is 18.3. The van der Waals surface area contributed by atoms with Gasteiger partial charge in [-0.05, 0) is 44.1 Å². The van der Waals surface area contributed by atoms with Crippen molar-refractivity contribution in [1.82, 2.24) is 24.8 Å². The van der Waals surface area contributed by atoms with Crippen LogP contribution < -0.4 is 0 Å². The molecule has 2 aromatic rings. The molecule has 2 saturated heterocycles. The fourth-order valence-corrected chi connectivity index (χ4v) is 3.88. The van der Waals surface area contributed by atoms with Crippen molar-refractivity contribution in [2.75, 3.05) is 26.2 Å². The minimum Gasteiger partial charge on any atom is -0.434 e. The summed E-state index contributed by atoms with van der Waals surface area (Å²) in [6, 6.07) is 9.23. The van der Waals surface area contributed by atoms with Crippen LogP contribution in [0.25, 0.3) is 0 Å². The van der Waals surface area contributed by atoms with Crippen molar-refractivity contribution in [1.29, 1.82) is 0 Å². The van der Waals surface area contributed by atoms with E-state index in [4.69, 9.17) is 4.74 Å². The van der Waals surface area contributed by atoms with E-state index < -0.39 is 6.10 Å². The SMILES string of the molecule is O=C(OC(c1ccccc1)c1cnn(C(=O)N2CCCCC2)n1)N1CCCCC1. The predicted octanol–water partition coefficient (Wildman–Crippen LogP) is 3.44. The Morgan fingerprint density at radius 3 is 2.14 bits per heavy atom. The number of rotatable bonds is 3. The van der Waals surface area contributed by atoms with Gasteiger partial charge in [0.15, 0.2) is 6.10 Å². The summed E-state index contributed by atoms with van der Waals surface area (Å²) in [5.74, 6) is 0. The quantitative estimate of drug-likeness (QED) is 0.792. The number of aromatic nitrogens is 3. The molecule has 8 heteroatoms. The first-order valence-corrected chi connectivity index (χ1v) is 10.4. The molecule has 8 nitrogen and oxygen atoms in total. The molecule has 1 aromatic heterocycles. The first-order valence-electron chi connectivity index (χ1n) is 10.4. The summed E-state index contributed by atoms with van der Waals surface area (Å²) in [6.07, 6.45) is 6.73. The fraction of sp³-hybridized carbons (Fsp3) is 0.524. The molecular weight excluding hydrogens is 370 g/mol. The Bertz CT molecular complexity index is 826. The first-order chi connectivity index (χ1) is 14.2. The summed E-state index contributed by atoms with van der Waals surface area (Å²) in [7, 11) is 0. The third-order valence-electron chi connectivity index (χ3n) is 5.51. The van der Waals surface area contributed by atoms with Crippen LogP contribution in [-0.4, -0.2) is 63.1 Å². The van der Waals surface area contributed by atoms with Crippen LogP contribution in [0.5, 0.6) is 0 Å². The van der Waals surface area contributed by atoms with Crippen molar-refractivity contribution in [3.8, 4) is 0 Å². The molecule has 2 fully saturated rings. The van der Waals surface area contributed by atoms with Gasteiger partial charge < -0.3 is 14.5 Å². The van der Waals surface area contributed by atoms with Gasteiger partial charge in [0.1, 0.15) is 5.69 Å². The van der Waals surface area contributed by atoms with Crippen LogP contribution in [0.3, 0.4) is 0 Å². The molecule has 0 bridgehead atoms. The number of nitrogens with zero attached hydrogens (tertiary/aromatic N) is 5. The number of ether oxygens (including phenoxy) is 1. The third-order valence-corrected chi connectivity index (χ3v) is 5.51. The zero-order valence-corrected chi connectivity index (χ0v) is 16.6. The van der Waals surface area contributed by atoms with Gasteiger partial charge in [0, 0.05) is 26.2 Å². The van der Waals surface area contributed by atoms with Crippen LogP contribution in [0.2, 0.25) is 0 Å². The maximum Gasteiger partial charge on any atom is 0.410 e. The molecule has 0 aliphatic carbocycles. The first kappa shape index (κ1) is 19.4. The molecule has 2 aliphatic heterocycles. The molecule has 3 heterocycles. The molecule has 2 aliphatic rings. The van der Waals surface area contributed by atoms with Gasteiger partial charge in [0.25, 0.3) is 0 Å². The van der Waals surface area contributed by atoms with Crippen LogP contribution in [0.15, 0.2) is 36.5 Å². The molecule has 0 N–H and O–H groups in total. The number of amides is 2. The van der Waals surface area contributed by atoms with Crippen molar-refractivity contribution in [2.45, 2.75) is 44.6 Å². The number of hydrogen-bond donors (Lipinski definition) is 0. The molecule has 0 spiro atoms. The number of carbonyl (C=O) groups excluding carboxylic acids is 2. The highest BCUT2D eigenvalue weighted by Crippen LogP contribution is 2.26. The summed E-state index contributed by atoms with van der Waals surface area (Å²) in [6.45, 7) is 2.87. The van der Waals surface area contributed by atoms with Crippen molar-refractivity contribution >= 4 is 12.1 Å². The Hall–Kier alpha value is -2.90. The Morgan fingerprint density at radius 2 is 1.48 bits per heavy atom. The third kappa shape index (κ3) is 4.58. The molecule has 0 radical (unpaired) electrons. The van der Waals surface area contributed by atoms with Crippen LogP contribution in [0.1, 0.15) is 55.9 Å². The molecule has 4 rings (SSSR count). The number of carbonyl (C=O) groups is 2. The average Bonchev–Trinajstić information content (AvgIpc) is 3.28. The number of likely N-dealkylation sites (tertiary alicyclic amines) is 2. The van der Waals surface area contributed by atoms with E-state index in [0.29, 0.717) is 18.8 Å². The maximum absolute atomic E-state index is 12.7. The van der Waals surface area contributed by atoms with E-state index in [1.165, 1.54) is 6.20 Å². The predicted molar refractivity (Wildman–Crippen MR) is 106 cm³/mol. The zero-order valence-electron chi connectivity index (χ0n) is 16.6. The fourth-order valence-electron chi connectivity index (χ4n) is 3.88. The summed E-state index contributed by atoms with van der Waals surface area (Å²) in [4.78, 5) is 30.0. The topological polar surface area (TPSA) is 80.6 Å². The monoisotopic (exact) mass is 397 g/mol. The van der Waals surface area contributed by atoms with Gasteiger partial charge >= 0.3 is 12.1 Å². The highest BCUT2D eigenvalue weighted by molar-refractivity contribution is 5.75. The summed E-state index contributed by atoms with van der Waals surface area (Å²) >= 11 is 0. The van der Waals surface area contributed by atoms with Crippen molar-refractivity contribution in [2.24, 2.45) is 0 Å². The zero-order chi connectivity index (χ0) is 20.1. The Kier molecular flexibility index (Phi) is 6.07. The molecular formula is C21H27N5O3. The maximum atomic E-state index is 12.7. The van der Waals surface area contributed by atoms with E-state index in [1.54, 1.807) is 9.80 Å². The van der Waals surface area contributed by atoms with E-state index in [2.05, 4.69) is 10.2 Å². The van der Waals surface area contributed by atoms with E-state index in [9.17, 15) is 9.59 Å². The second-order valence-corrected chi connectivity index (χ2v) is 7.61. The number of benzene rings is 1. The largest absolute Gasteiger partial charge is 0.434 e. The van der Waals surface area contributed by atoms with Gasteiger partial charge in [-0.3, -0.25) is 0 Å². The number of hydrogen-bond acceptors (Lipinski definition) is 5. The van der Waals surface area contributed by atoms with E-state index in [0.717, 1.165) is 62.0 Å². The van der Waals surface area contributed by atoms with Gasteiger partial charge in [-0.1, -0.05) is 35.1 Å². The Morgan fingerprint density at radius 1 is 0.862 bits per heavy atom. The summed E-state index contributed by atoms with van der Waals surface area (Å²) in [5.41, 5.74) is 1.25. The van der Waals surface area contributed by atoms with E-state index in [-0.39, 0.29) is 12.1 Å². The van der Waals surface area contributed by atoms with Gasteiger partial charge in [-0.25, -0.2) is 9.59 Å². The van der Waals surface area contributed by atoms with Gasteiger partial charge in [-0.2, -0.15) is 5.10 Å². The molecule has 154 valence electrons. The van der Waals surface area contributed by atoms with Crippen molar-refractivity contribution in [3.05, 3.63) is 47.8 Å². The smallest absolute Gasteiger partial charge is 0.410 e. The van der Waals surface area contributed by atoms with Crippen molar-refractivity contribution in [3.63, 3.8) is 0 Å². The second kappa shape index (κ2) is 9.07. The standard InChI is InChI=1S/C21H27N5O3/c27-20(24-12-6-2-7-13-24)26-22-16-18(23-26)19(17-10-4-1-5-11-17)29-21(28)25-14-8-3-9-15-25/h1,4-5,10-11,16,19H,2-3,6-9,12-15H2. The van der Waals surface area contributed by atoms with Crippen LogP contribution in [0.4, 0.5) is 9.59 Å². The highest BCUT2D eigenvalue weighted by Gasteiger charge is 2.28. The summed E-state index contributed by atoms with van der Waals surface area (Å²) in [5, 5.41) is 8.55. The van der Waals surface area contributed by atoms with Gasteiger partial charge in [-0.15, -0.1) is 5.10 Å². The summed E-state index contributed by atoms with van der Waals surface area (Å²) < 4.78 is 5.85. The lowest BCUT2D eigenvalue weighted by molar-refractivity contribution is 0.0700. The van der Waals surface area contributed by atoms with Crippen molar-refractivity contribution < 1.29 is 14.3 Å². The number of piperidine rings is 2. The average molecular weight is 397 g/mol. The molecule has 29 heavy (non-hydrogen) atoms. The molecule has 0 saturated carbocycles. The Labute approximate surface area is 170 Å². The highest BCUT2D eigenvalue weighted by atomic mass is 16.6. The lowest BCUT2D eigenvalue weighted by Crippen LogP contribution is -2.39. The molecule has 1 atom stereocenters. The van der Waals surface area contributed by atoms with Crippen LogP contribution in [-0.2, 0) is 4.74 Å². The lowest BCUT2D eigenvalue weighted by atomic mass is 10.1. The second-order valence-electron chi connectivity index (χ2n) is 7.61. The van der Waals surface area contributed by atoms with E-state index in [1.807, 2.05) is 30.3 Å². The van der Waals surface area contributed by atoms with Gasteiger partial charge in [0.05, 0.1) is 6.20 Å². The molecule has 1 unspecified atom stereocenters. The van der Waals surface area contributed by atoms with E-state index >= 15 is 0 Å². The van der Waals surface area contributed by atoms with Crippen LogP contribution in [0, 0.1) is 0 Å². The molecule has 2 amide bonds. The molecule has 1 aromatic carbocycles. The van der Waals surface area contributed by atoms with Crippen LogP contribution >= 0.6 is 0 Å². The van der Waals surface area contributed by atoms with Gasteiger partial charge in [0.2, 0.25) is 0 Å². The minimum absolute atomic E-state index is 0.231. The Balaban J connectivity index is 1.54. The minimum atomic E-state index is -0.700.